The summed E-state index contributed by atoms with van der Waals surface area (Å²) in [4.78, 5) is 23.7. The van der Waals surface area contributed by atoms with E-state index in [9.17, 15) is 14.7 Å². The summed E-state index contributed by atoms with van der Waals surface area (Å²) in [5.41, 5.74) is 1.08. The lowest BCUT2D eigenvalue weighted by Crippen LogP contribution is -2.35. The number of carbonyl (C=O) groups is 2. The summed E-state index contributed by atoms with van der Waals surface area (Å²) in [5, 5.41) is 17.8. The van der Waals surface area contributed by atoms with E-state index in [0.717, 1.165) is 0 Å². The molecule has 0 saturated carbocycles. The van der Waals surface area contributed by atoms with E-state index in [1.165, 1.54) is 0 Å². The number of aliphatic hydroxyl groups is 1. The number of β-amino-alcohol motifs (C(OH)–C–C–N with tert-alkyl or cyclic N) is 1. The first-order valence-electron chi connectivity index (χ1n) is 6.70. The number of hydrogen-bond donors (Lipinski definition) is 4. The number of aliphatic hydroxyl groups excluding tert-OH is 1. The predicted octanol–water partition coefficient (Wildman–Crippen LogP) is 0.0976. The molecule has 0 aliphatic carbocycles. The standard InChI is InChI=1S/C14H19N3O3/c1-2-15-13(19)9-4-3-5-10(6-9)17-14(20)12-7-11(18)8-16-12/h3-6,11-12,16,18H,2,7-8H2,1H3,(H,15,19)(H,17,20). The summed E-state index contributed by atoms with van der Waals surface area (Å²) < 4.78 is 0. The minimum Gasteiger partial charge on any atom is -0.392 e. The molecule has 1 aromatic rings. The molecule has 2 rings (SSSR count). The molecule has 20 heavy (non-hydrogen) atoms. The number of rotatable bonds is 4. The molecule has 1 aromatic carbocycles. The van der Waals surface area contributed by atoms with Gasteiger partial charge >= 0.3 is 0 Å². The van der Waals surface area contributed by atoms with E-state index in [2.05, 4.69) is 16.0 Å². The second-order valence-corrected chi connectivity index (χ2v) is 4.78. The summed E-state index contributed by atoms with van der Waals surface area (Å²) in [6, 6.07) is 6.38. The molecule has 0 spiro atoms. The fraction of sp³-hybridized carbons (Fsp3) is 0.429. The van der Waals surface area contributed by atoms with E-state index in [4.69, 9.17) is 0 Å². The predicted molar refractivity (Wildman–Crippen MR) is 75.5 cm³/mol. The fourth-order valence-corrected chi connectivity index (χ4v) is 2.15. The van der Waals surface area contributed by atoms with Gasteiger partial charge in [-0.2, -0.15) is 0 Å². The molecule has 1 fully saturated rings. The minimum absolute atomic E-state index is 0.169. The first-order valence-corrected chi connectivity index (χ1v) is 6.70. The number of anilines is 1. The van der Waals surface area contributed by atoms with E-state index >= 15 is 0 Å². The van der Waals surface area contributed by atoms with Gasteiger partial charge in [-0.3, -0.25) is 9.59 Å². The molecule has 6 nitrogen and oxygen atoms in total. The topological polar surface area (TPSA) is 90.5 Å². The maximum absolute atomic E-state index is 12.0. The van der Waals surface area contributed by atoms with E-state index < -0.39 is 12.1 Å². The van der Waals surface area contributed by atoms with Crippen molar-refractivity contribution in [2.75, 3.05) is 18.4 Å². The summed E-state index contributed by atoms with van der Waals surface area (Å²) in [6.07, 6.45) is -0.0746. The highest BCUT2D eigenvalue weighted by Gasteiger charge is 2.27. The molecule has 2 unspecified atom stereocenters. The molecule has 1 saturated heterocycles. The van der Waals surface area contributed by atoms with Crippen LogP contribution in [0.2, 0.25) is 0 Å². The summed E-state index contributed by atoms with van der Waals surface area (Å²) in [5.74, 6) is -0.368. The zero-order chi connectivity index (χ0) is 14.5. The van der Waals surface area contributed by atoms with Crippen LogP contribution in [0.15, 0.2) is 24.3 Å². The monoisotopic (exact) mass is 277 g/mol. The second-order valence-electron chi connectivity index (χ2n) is 4.78. The highest BCUT2D eigenvalue weighted by molar-refractivity contribution is 5.98. The van der Waals surface area contributed by atoms with E-state index in [-0.39, 0.29) is 11.8 Å². The van der Waals surface area contributed by atoms with Crippen molar-refractivity contribution < 1.29 is 14.7 Å². The molecule has 108 valence electrons. The zero-order valence-corrected chi connectivity index (χ0v) is 11.3. The van der Waals surface area contributed by atoms with Gasteiger partial charge in [0.1, 0.15) is 0 Å². The van der Waals surface area contributed by atoms with Crippen LogP contribution in [-0.2, 0) is 4.79 Å². The van der Waals surface area contributed by atoms with Gasteiger partial charge in [-0.25, -0.2) is 0 Å². The van der Waals surface area contributed by atoms with Gasteiger partial charge in [-0.05, 0) is 31.5 Å². The third-order valence-electron chi connectivity index (χ3n) is 3.15. The van der Waals surface area contributed by atoms with Crippen molar-refractivity contribution in [2.24, 2.45) is 0 Å². The second kappa shape index (κ2) is 6.49. The molecule has 2 amide bonds. The van der Waals surface area contributed by atoms with Crippen molar-refractivity contribution in [2.45, 2.75) is 25.5 Å². The van der Waals surface area contributed by atoms with Crippen molar-refractivity contribution in [1.29, 1.82) is 0 Å². The number of nitrogens with one attached hydrogen (secondary N) is 3. The van der Waals surface area contributed by atoms with Crippen molar-refractivity contribution in [1.82, 2.24) is 10.6 Å². The van der Waals surface area contributed by atoms with Gasteiger partial charge in [0.05, 0.1) is 12.1 Å². The van der Waals surface area contributed by atoms with E-state index in [1.807, 2.05) is 6.92 Å². The highest BCUT2D eigenvalue weighted by Crippen LogP contribution is 2.13. The molecular formula is C14H19N3O3. The molecule has 2 atom stereocenters. The molecule has 4 N–H and O–H groups in total. The highest BCUT2D eigenvalue weighted by atomic mass is 16.3. The summed E-state index contributed by atoms with van der Waals surface area (Å²) in [6.45, 7) is 2.83. The Morgan fingerprint density at radius 2 is 2.25 bits per heavy atom. The summed E-state index contributed by atoms with van der Waals surface area (Å²) in [7, 11) is 0. The first-order chi connectivity index (χ1) is 9.60. The average molecular weight is 277 g/mol. The van der Waals surface area contributed by atoms with E-state index in [1.54, 1.807) is 24.3 Å². The quantitative estimate of drug-likeness (QED) is 0.628. The lowest BCUT2D eigenvalue weighted by Gasteiger charge is -2.11. The van der Waals surface area contributed by atoms with Crippen LogP contribution in [0.5, 0.6) is 0 Å². The maximum Gasteiger partial charge on any atom is 0.251 e. The Labute approximate surface area is 117 Å². The lowest BCUT2D eigenvalue weighted by atomic mass is 10.1. The van der Waals surface area contributed by atoms with Gasteiger partial charge in [-0.1, -0.05) is 6.07 Å². The van der Waals surface area contributed by atoms with Crippen molar-refractivity contribution in [3.63, 3.8) is 0 Å². The molecule has 1 aliphatic heterocycles. The third kappa shape index (κ3) is 3.55. The van der Waals surface area contributed by atoms with Crippen LogP contribution in [0, 0.1) is 0 Å². The zero-order valence-electron chi connectivity index (χ0n) is 11.3. The normalized spacial score (nSPS) is 21.5. The number of carbonyl (C=O) groups excluding carboxylic acids is 2. The molecular weight excluding hydrogens is 258 g/mol. The fourth-order valence-electron chi connectivity index (χ4n) is 2.15. The smallest absolute Gasteiger partial charge is 0.251 e. The Kier molecular flexibility index (Phi) is 4.70. The minimum atomic E-state index is -0.479. The van der Waals surface area contributed by atoms with Crippen LogP contribution in [-0.4, -0.2) is 42.2 Å². The van der Waals surface area contributed by atoms with Gasteiger partial charge in [0, 0.05) is 24.3 Å². The Balaban J connectivity index is 2.00. The van der Waals surface area contributed by atoms with Gasteiger partial charge in [0.25, 0.3) is 5.91 Å². The Morgan fingerprint density at radius 3 is 2.90 bits per heavy atom. The van der Waals surface area contributed by atoms with Crippen molar-refractivity contribution >= 4 is 17.5 Å². The van der Waals surface area contributed by atoms with Crippen LogP contribution in [0.1, 0.15) is 23.7 Å². The summed E-state index contributed by atoms with van der Waals surface area (Å²) >= 11 is 0. The molecule has 0 radical (unpaired) electrons. The molecule has 1 heterocycles. The Morgan fingerprint density at radius 1 is 1.45 bits per heavy atom. The number of amides is 2. The van der Waals surface area contributed by atoms with Crippen molar-refractivity contribution in [3.8, 4) is 0 Å². The Bertz CT molecular complexity index is 504. The van der Waals surface area contributed by atoms with Gasteiger partial charge in [0.2, 0.25) is 5.91 Å². The van der Waals surface area contributed by atoms with Crippen LogP contribution >= 0.6 is 0 Å². The largest absolute Gasteiger partial charge is 0.392 e. The molecule has 0 bridgehead atoms. The maximum atomic E-state index is 12.0. The van der Waals surface area contributed by atoms with Crippen LogP contribution in [0.25, 0.3) is 0 Å². The van der Waals surface area contributed by atoms with Crippen LogP contribution < -0.4 is 16.0 Å². The average Bonchev–Trinajstić information content (AvgIpc) is 2.86. The molecule has 6 heteroatoms. The van der Waals surface area contributed by atoms with E-state index in [0.29, 0.717) is 30.8 Å². The van der Waals surface area contributed by atoms with Crippen LogP contribution in [0.3, 0.4) is 0 Å². The first kappa shape index (κ1) is 14.5. The third-order valence-corrected chi connectivity index (χ3v) is 3.15. The molecule has 1 aliphatic rings. The van der Waals surface area contributed by atoms with Gasteiger partial charge < -0.3 is 21.1 Å². The molecule has 0 aromatic heterocycles. The van der Waals surface area contributed by atoms with Gasteiger partial charge in [-0.15, -0.1) is 0 Å². The van der Waals surface area contributed by atoms with Crippen molar-refractivity contribution in [3.05, 3.63) is 29.8 Å². The van der Waals surface area contributed by atoms with Gasteiger partial charge in [0.15, 0.2) is 0 Å². The Hall–Kier alpha value is -1.92. The number of benzene rings is 1. The lowest BCUT2D eigenvalue weighted by molar-refractivity contribution is -0.117. The van der Waals surface area contributed by atoms with Crippen LogP contribution in [0.4, 0.5) is 5.69 Å². The number of hydrogen-bond acceptors (Lipinski definition) is 4. The SMILES string of the molecule is CCNC(=O)c1cccc(NC(=O)C2CC(O)CN2)c1.